The van der Waals surface area contributed by atoms with Crippen molar-refractivity contribution in [2.45, 2.75) is 19.4 Å². The predicted octanol–water partition coefficient (Wildman–Crippen LogP) is 0.888. The molecule has 6 heteroatoms. The second kappa shape index (κ2) is 4.52. The van der Waals surface area contributed by atoms with Crippen LogP contribution in [0.2, 0.25) is 0 Å². The van der Waals surface area contributed by atoms with E-state index in [-0.39, 0.29) is 11.8 Å². The number of hydrogen-bond acceptors (Lipinski definition) is 4. The Morgan fingerprint density at radius 2 is 2.09 bits per heavy atom. The zero-order valence-electron chi connectivity index (χ0n) is 13.2. The summed E-state index contributed by atoms with van der Waals surface area (Å²) in [6.45, 7) is 6.10. The number of hydrogen-bond donors (Lipinski definition) is 1. The summed E-state index contributed by atoms with van der Waals surface area (Å²) < 4.78 is 1.79. The van der Waals surface area contributed by atoms with Gasteiger partial charge in [-0.05, 0) is 44.9 Å². The SMILES string of the molecule is CN1CC2C(C1)C2C(=O)NC(C)(C)c1cnc2cccnn12. The molecule has 1 N–H and O–H groups in total. The lowest BCUT2D eigenvalue weighted by Crippen LogP contribution is -2.44. The van der Waals surface area contributed by atoms with Crippen LogP contribution in [0.25, 0.3) is 5.65 Å². The van der Waals surface area contributed by atoms with Gasteiger partial charge in [-0.15, -0.1) is 0 Å². The molecule has 116 valence electrons. The number of fused-ring (bicyclic) bond motifs is 2. The summed E-state index contributed by atoms with van der Waals surface area (Å²) in [6.07, 6.45) is 3.53. The fourth-order valence-electron chi connectivity index (χ4n) is 3.84. The van der Waals surface area contributed by atoms with Crippen molar-refractivity contribution in [3.8, 4) is 0 Å². The number of carbonyl (C=O) groups excluding carboxylic acids is 1. The number of aromatic nitrogens is 3. The summed E-state index contributed by atoms with van der Waals surface area (Å²) in [6, 6.07) is 3.77. The van der Waals surface area contributed by atoms with Crippen LogP contribution in [0.15, 0.2) is 24.5 Å². The minimum Gasteiger partial charge on any atom is -0.345 e. The zero-order chi connectivity index (χ0) is 15.5. The molecule has 1 saturated heterocycles. The number of nitrogens with one attached hydrogen (secondary N) is 1. The average Bonchev–Trinajstić information content (AvgIpc) is 2.84. The monoisotopic (exact) mass is 299 g/mol. The van der Waals surface area contributed by atoms with Crippen LogP contribution in [0.4, 0.5) is 0 Å². The van der Waals surface area contributed by atoms with Gasteiger partial charge in [-0.2, -0.15) is 5.10 Å². The van der Waals surface area contributed by atoms with Gasteiger partial charge in [-0.25, -0.2) is 9.50 Å². The van der Waals surface area contributed by atoms with Gasteiger partial charge in [0.2, 0.25) is 5.91 Å². The minimum absolute atomic E-state index is 0.166. The molecule has 22 heavy (non-hydrogen) atoms. The summed E-state index contributed by atoms with van der Waals surface area (Å²) in [4.78, 5) is 19.3. The van der Waals surface area contributed by atoms with Gasteiger partial charge in [0.25, 0.3) is 0 Å². The fourth-order valence-corrected chi connectivity index (χ4v) is 3.84. The number of likely N-dealkylation sites (tertiary alicyclic amines) is 1. The standard InChI is InChI=1S/C16H21N5O/c1-16(2,12-7-17-13-5-4-6-18-21(12)13)19-15(22)14-10-8-20(3)9-11(10)14/h4-7,10-11,14H,8-9H2,1-3H3,(H,19,22). The first-order valence-electron chi connectivity index (χ1n) is 7.77. The molecule has 1 saturated carbocycles. The Kier molecular flexibility index (Phi) is 2.81. The first kappa shape index (κ1) is 13.7. The molecule has 0 bridgehead atoms. The van der Waals surface area contributed by atoms with Crippen molar-refractivity contribution < 1.29 is 4.79 Å². The third-order valence-corrected chi connectivity index (χ3v) is 5.03. The maximum absolute atomic E-state index is 12.6. The molecule has 2 atom stereocenters. The third kappa shape index (κ3) is 2.01. The van der Waals surface area contributed by atoms with Crippen molar-refractivity contribution in [1.82, 2.24) is 24.8 Å². The summed E-state index contributed by atoms with van der Waals surface area (Å²) in [5.74, 6) is 1.43. The first-order chi connectivity index (χ1) is 10.5. The van der Waals surface area contributed by atoms with Crippen molar-refractivity contribution in [2.75, 3.05) is 20.1 Å². The quantitative estimate of drug-likeness (QED) is 0.914. The van der Waals surface area contributed by atoms with E-state index < -0.39 is 5.54 Å². The van der Waals surface area contributed by atoms with Crippen LogP contribution in [-0.4, -0.2) is 45.5 Å². The molecule has 2 aliphatic rings. The Morgan fingerprint density at radius 3 is 2.82 bits per heavy atom. The topological polar surface area (TPSA) is 62.5 Å². The van der Waals surface area contributed by atoms with Gasteiger partial charge in [0.15, 0.2) is 5.65 Å². The predicted molar refractivity (Wildman–Crippen MR) is 82.1 cm³/mol. The molecule has 0 radical (unpaired) electrons. The molecule has 1 aliphatic carbocycles. The smallest absolute Gasteiger partial charge is 0.224 e. The van der Waals surface area contributed by atoms with E-state index in [9.17, 15) is 4.79 Å². The molecule has 4 rings (SSSR count). The molecule has 3 heterocycles. The highest BCUT2D eigenvalue weighted by molar-refractivity contribution is 5.83. The number of nitrogens with zero attached hydrogens (tertiary/aromatic N) is 4. The molecule has 0 spiro atoms. The minimum atomic E-state index is -0.492. The van der Waals surface area contributed by atoms with Gasteiger partial charge in [-0.1, -0.05) is 0 Å². The van der Waals surface area contributed by atoms with E-state index >= 15 is 0 Å². The van der Waals surface area contributed by atoms with Gasteiger partial charge in [0.05, 0.1) is 17.4 Å². The molecule has 2 fully saturated rings. The van der Waals surface area contributed by atoms with E-state index in [2.05, 4.69) is 27.3 Å². The van der Waals surface area contributed by atoms with Gasteiger partial charge >= 0.3 is 0 Å². The molecule has 6 nitrogen and oxygen atoms in total. The molecule has 2 aromatic rings. The summed E-state index contributed by atoms with van der Waals surface area (Å²) in [5, 5.41) is 7.54. The number of rotatable bonds is 3. The van der Waals surface area contributed by atoms with Crippen LogP contribution < -0.4 is 5.32 Å². The lowest BCUT2D eigenvalue weighted by Gasteiger charge is -2.26. The zero-order valence-corrected chi connectivity index (χ0v) is 13.2. The fraction of sp³-hybridized carbons (Fsp3) is 0.562. The average molecular weight is 299 g/mol. The van der Waals surface area contributed by atoms with Crippen LogP contribution in [-0.2, 0) is 10.3 Å². The maximum atomic E-state index is 12.6. The normalized spacial score (nSPS) is 27.9. The van der Waals surface area contributed by atoms with Crippen molar-refractivity contribution in [3.63, 3.8) is 0 Å². The summed E-state index contributed by atoms with van der Waals surface area (Å²) in [7, 11) is 2.12. The highest BCUT2D eigenvalue weighted by Crippen LogP contribution is 2.51. The summed E-state index contributed by atoms with van der Waals surface area (Å²) >= 11 is 0. The maximum Gasteiger partial charge on any atom is 0.224 e. The van der Waals surface area contributed by atoms with E-state index in [4.69, 9.17) is 0 Å². The van der Waals surface area contributed by atoms with Crippen molar-refractivity contribution in [1.29, 1.82) is 0 Å². The number of carbonyl (C=O) groups is 1. The van der Waals surface area contributed by atoms with Crippen LogP contribution in [0.3, 0.4) is 0 Å². The number of amides is 1. The van der Waals surface area contributed by atoms with Crippen LogP contribution in [0.1, 0.15) is 19.5 Å². The molecule has 0 aromatic carbocycles. The van der Waals surface area contributed by atoms with E-state index in [1.165, 1.54) is 0 Å². The second-order valence-electron chi connectivity index (χ2n) is 7.13. The highest BCUT2D eigenvalue weighted by Gasteiger charge is 2.59. The Bertz CT molecular complexity index is 725. The van der Waals surface area contributed by atoms with Crippen molar-refractivity contribution in [2.24, 2.45) is 17.8 Å². The first-order valence-corrected chi connectivity index (χ1v) is 7.77. The van der Waals surface area contributed by atoms with Gasteiger partial charge in [0, 0.05) is 25.2 Å². The van der Waals surface area contributed by atoms with Crippen LogP contribution in [0, 0.1) is 17.8 Å². The van der Waals surface area contributed by atoms with Crippen LogP contribution in [0.5, 0.6) is 0 Å². The highest BCUT2D eigenvalue weighted by atomic mass is 16.2. The second-order valence-corrected chi connectivity index (χ2v) is 7.13. The van der Waals surface area contributed by atoms with E-state index in [1.54, 1.807) is 16.9 Å². The van der Waals surface area contributed by atoms with E-state index in [1.807, 2.05) is 26.0 Å². The van der Waals surface area contributed by atoms with Crippen molar-refractivity contribution in [3.05, 3.63) is 30.2 Å². The lowest BCUT2D eigenvalue weighted by atomic mass is 10.0. The van der Waals surface area contributed by atoms with Gasteiger partial charge in [-0.3, -0.25) is 4.79 Å². The van der Waals surface area contributed by atoms with Crippen molar-refractivity contribution >= 4 is 11.6 Å². The van der Waals surface area contributed by atoms with Gasteiger partial charge in [0.1, 0.15) is 0 Å². The summed E-state index contributed by atoms with van der Waals surface area (Å²) in [5.41, 5.74) is 1.21. The Labute approximate surface area is 129 Å². The Morgan fingerprint density at radius 1 is 1.36 bits per heavy atom. The lowest BCUT2D eigenvalue weighted by molar-refractivity contribution is -0.125. The molecular weight excluding hydrogens is 278 g/mol. The Balaban J connectivity index is 1.53. The Hall–Kier alpha value is -1.95. The van der Waals surface area contributed by atoms with E-state index in [0.29, 0.717) is 11.8 Å². The molecule has 2 aromatic heterocycles. The molecule has 1 aliphatic heterocycles. The van der Waals surface area contributed by atoms with Gasteiger partial charge < -0.3 is 10.2 Å². The number of piperidine rings is 1. The van der Waals surface area contributed by atoms with E-state index in [0.717, 1.165) is 24.4 Å². The largest absolute Gasteiger partial charge is 0.345 e. The molecule has 2 unspecified atom stereocenters. The molecular formula is C16H21N5O. The van der Waals surface area contributed by atoms with Crippen LogP contribution >= 0.6 is 0 Å². The third-order valence-electron chi connectivity index (χ3n) is 5.03. The molecule has 1 amide bonds. The number of imidazole rings is 1.